The SMILES string of the molecule is CCc1ncc(CNCCC(=O)OC)s1. The number of hydrogen-bond acceptors (Lipinski definition) is 5. The summed E-state index contributed by atoms with van der Waals surface area (Å²) in [5.74, 6) is -0.180. The Morgan fingerprint density at radius 2 is 2.47 bits per heavy atom. The van der Waals surface area contributed by atoms with Crippen molar-refractivity contribution >= 4 is 17.3 Å². The van der Waals surface area contributed by atoms with Gasteiger partial charge in [0.25, 0.3) is 0 Å². The first-order valence-electron chi connectivity index (χ1n) is 4.97. The number of rotatable bonds is 6. The van der Waals surface area contributed by atoms with Crippen LogP contribution in [0, 0.1) is 0 Å². The molecule has 0 fully saturated rings. The molecule has 0 aliphatic rings. The zero-order valence-electron chi connectivity index (χ0n) is 9.08. The van der Waals surface area contributed by atoms with Crippen molar-refractivity contribution in [2.45, 2.75) is 26.3 Å². The van der Waals surface area contributed by atoms with Crippen molar-refractivity contribution < 1.29 is 9.53 Å². The van der Waals surface area contributed by atoms with Crippen LogP contribution in [0.15, 0.2) is 6.20 Å². The fourth-order valence-corrected chi connectivity index (χ4v) is 1.93. The first-order chi connectivity index (χ1) is 7.26. The van der Waals surface area contributed by atoms with Crippen LogP contribution in [0.3, 0.4) is 0 Å². The molecular formula is C10H16N2O2S. The third kappa shape index (κ3) is 4.40. The first kappa shape index (κ1) is 12.1. The molecule has 4 nitrogen and oxygen atoms in total. The predicted octanol–water partition coefficient (Wildman–Crippen LogP) is 1.36. The van der Waals surface area contributed by atoms with E-state index < -0.39 is 0 Å². The Morgan fingerprint density at radius 3 is 3.07 bits per heavy atom. The van der Waals surface area contributed by atoms with E-state index in [1.54, 1.807) is 11.3 Å². The van der Waals surface area contributed by atoms with E-state index in [0.717, 1.165) is 18.0 Å². The van der Waals surface area contributed by atoms with Crippen LogP contribution in [-0.2, 0) is 22.5 Å². The summed E-state index contributed by atoms with van der Waals surface area (Å²) in [6.45, 7) is 3.51. The monoisotopic (exact) mass is 228 g/mol. The maximum Gasteiger partial charge on any atom is 0.306 e. The topological polar surface area (TPSA) is 51.2 Å². The van der Waals surface area contributed by atoms with Gasteiger partial charge in [0.1, 0.15) is 0 Å². The molecule has 1 aromatic heterocycles. The van der Waals surface area contributed by atoms with Gasteiger partial charge in [-0.1, -0.05) is 6.92 Å². The van der Waals surface area contributed by atoms with E-state index in [1.807, 2.05) is 6.20 Å². The van der Waals surface area contributed by atoms with Crippen LogP contribution in [0.4, 0.5) is 0 Å². The summed E-state index contributed by atoms with van der Waals surface area (Å²) in [6, 6.07) is 0. The number of nitrogens with zero attached hydrogens (tertiary/aromatic N) is 1. The highest BCUT2D eigenvalue weighted by atomic mass is 32.1. The van der Waals surface area contributed by atoms with Crippen molar-refractivity contribution in [3.63, 3.8) is 0 Å². The summed E-state index contributed by atoms with van der Waals surface area (Å²) < 4.78 is 4.54. The minimum atomic E-state index is -0.180. The normalized spacial score (nSPS) is 10.3. The molecule has 0 aliphatic carbocycles. The van der Waals surface area contributed by atoms with Crippen LogP contribution in [0.1, 0.15) is 23.2 Å². The molecule has 15 heavy (non-hydrogen) atoms. The zero-order valence-corrected chi connectivity index (χ0v) is 9.89. The molecule has 5 heteroatoms. The largest absolute Gasteiger partial charge is 0.469 e. The molecular weight excluding hydrogens is 212 g/mol. The number of carbonyl (C=O) groups is 1. The molecule has 0 unspecified atom stereocenters. The lowest BCUT2D eigenvalue weighted by Crippen LogP contribution is -2.17. The molecule has 0 atom stereocenters. The van der Waals surface area contributed by atoms with Gasteiger partial charge in [0.2, 0.25) is 0 Å². The van der Waals surface area contributed by atoms with E-state index in [1.165, 1.54) is 12.0 Å². The number of ether oxygens (including phenoxy) is 1. The van der Waals surface area contributed by atoms with E-state index >= 15 is 0 Å². The number of aromatic nitrogens is 1. The van der Waals surface area contributed by atoms with Gasteiger partial charge in [-0.3, -0.25) is 4.79 Å². The van der Waals surface area contributed by atoms with Gasteiger partial charge in [-0.25, -0.2) is 4.98 Å². The second kappa shape index (κ2) is 6.53. The fraction of sp³-hybridized carbons (Fsp3) is 0.600. The summed E-state index contributed by atoms with van der Waals surface area (Å²) in [4.78, 5) is 16.3. The van der Waals surface area contributed by atoms with E-state index in [9.17, 15) is 4.79 Å². The van der Waals surface area contributed by atoms with Crippen LogP contribution < -0.4 is 5.32 Å². The van der Waals surface area contributed by atoms with Gasteiger partial charge in [0, 0.05) is 24.2 Å². The maximum atomic E-state index is 10.8. The number of nitrogens with one attached hydrogen (secondary N) is 1. The van der Waals surface area contributed by atoms with Crippen LogP contribution in [0.5, 0.6) is 0 Å². The molecule has 0 radical (unpaired) electrons. The van der Waals surface area contributed by atoms with Crippen LogP contribution in [0.25, 0.3) is 0 Å². The summed E-state index contributed by atoms with van der Waals surface area (Å²) in [6.07, 6.45) is 3.28. The van der Waals surface area contributed by atoms with Crippen molar-refractivity contribution in [2.24, 2.45) is 0 Å². The van der Waals surface area contributed by atoms with Crippen LogP contribution in [-0.4, -0.2) is 24.6 Å². The summed E-state index contributed by atoms with van der Waals surface area (Å²) in [5, 5.41) is 4.33. The highest BCUT2D eigenvalue weighted by Gasteiger charge is 2.01. The molecule has 1 rings (SSSR count). The van der Waals surface area contributed by atoms with Gasteiger partial charge in [0.15, 0.2) is 0 Å². The Kier molecular flexibility index (Phi) is 5.28. The number of aryl methyl sites for hydroxylation is 1. The highest BCUT2D eigenvalue weighted by Crippen LogP contribution is 2.12. The van der Waals surface area contributed by atoms with Crippen LogP contribution >= 0.6 is 11.3 Å². The molecule has 0 aromatic carbocycles. The average molecular weight is 228 g/mol. The fourth-order valence-electron chi connectivity index (χ4n) is 1.10. The molecule has 0 saturated carbocycles. The minimum absolute atomic E-state index is 0.180. The van der Waals surface area contributed by atoms with Gasteiger partial charge in [0.05, 0.1) is 18.5 Å². The lowest BCUT2D eigenvalue weighted by molar-refractivity contribution is -0.140. The Hall–Kier alpha value is -0.940. The predicted molar refractivity (Wildman–Crippen MR) is 59.8 cm³/mol. The average Bonchev–Trinajstić information content (AvgIpc) is 2.72. The van der Waals surface area contributed by atoms with Crippen molar-refractivity contribution in [1.82, 2.24) is 10.3 Å². The summed E-state index contributed by atoms with van der Waals surface area (Å²) >= 11 is 1.71. The van der Waals surface area contributed by atoms with Crippen molar-refractivity contribution in [2.75, 3.05) is 13.7 Å². The lowest BCUT2D eigenvalue weighted by Gasteiger charge is -2.00. The number of esters is 1. The Labute approximate surface area is 93.7 Å². The Morgan fingerprint density at radius 1 is 1.67 bits per heavy atom. The van der Waals surface area contributed by atoms with Gasteiger partial charge >= 0.3 is 5.97 Å². The smallest absolute Gasteiger partial charge is 0.306 e. The molecule has 1 N–H and O–H groups in total. The van der Waals surface area contributed by atoms with E-state index in [-0.39, 0.29) is 5.97 Å². The first-order valence-corrected chi connectivity index (χ1v) is 5.79. The molecule has 0 aliphatic heterocycles. The molecule has 0 spiro atoms. The lowest BCUT2D eigenvalue weighted by atomic mass is 10.4. The van der Waals surface area contributed by atoms with E-state index in [2.05, 4.69) is 22.0 Å². The number of hydrogen-bond donors (Lipinski definition) is 1. The quantitative estimate of drug-likeness (QED) is 0.590. The van der Waals surface area contributed by atoms with Crippen molar-refractivity contribution in [3.05, 3.63) is 16.1 Å². The van der Waals surface area contributed by atoms with Crippen molar-refractivity contribution in [3.8, 4) is 0 Å². The second-order valence-electron chi connectivity index (χ2n) is 3.08. The van der Waals surface area contributed by atoms with Gasteiger partial charge < -0.3 is 10.1 Å². The molecule has 0 amide bonds. The second-order valence-corrected chi connectivity index (χ2v) is 4.28. The number of methoxy groups -OCH3 is 1. The van der Waals surface area contributed by atoms with Gasteiger partial charge in [-0.2, -0.15) is 0 Å². The standard InChI is InChI=1S/C10H16N2O2S/c1-3-9-12-7-8(15-9)6-11-5-4-10(13)14-2/h7,11H,3-6H2,1-2H3. The third-order valence-electron chi connectivity index (χ3n) is 1.94. The molecule has 1 heterocycles. The van der Waals surface area contributed by atoms with Crippen LogP contribution in [0.2, 0.25) is 0 Å². The third-order valence-corrected chi connectivity index (χ3v) is 3.08. The van der Waals surface area contributed by atoms with Gasteiger partial charge in [-0.05, 0) is 6.42 Å². The number of carbonyl (C=O) groups excluding carboxylic acids is 1. The molecule has 1 aromatic rings. The molecule has 0 bridgehead atoms. The minimum Gasteiger partial charge on any atom is -0.469 e. The molecule has 84 valence electrons. The summed E-state index contributed by atoms with van der Waals surface area (Å²) in [7, 11) is 1.40. The highest BCUT2D eigenvalue weighted by molar-refractivity contribution is 7.11. The van der Waals surface area contributed by atoms with E-state index in [0.29, 0.717) is 13.0 Å². The molecule has 0 saturated heterocycles. The maximum absolute atomic E-state index is 10.8. The Bertz CT molecular complexity index is 312. The van der Waals surface area contributed by atoms with E-state index in [4.69, 9.17) is 0 Å². The van der Waals surface area contributed by atoms with Gasteiger partial charge in [-0.15, -0.1) is 11.3 Å². The zero-order chi connectivity index (χ0) is 11.1. The Balaban J connectivity index is 2.17. The number of thiazole rings is 1. The van der Waals surface area contributed by atoms with Crippen molar-refractivity contribution in [1.29, 1.82) is 0 Å². The summed E-state index contributed by atoms with van der Waals surface area (Å²) in [5.41, 5.74) is 0.